The number of aryl methyl sites for hydroxylation is 2. The summed E-state index contributed by atoms with van der Waals surface area (Å²) >= 11 is 0. The number of rotatable bonds is 2. The molecular weight excluding hydrogens is 218 g/mol. The Labute approximate surface area is 101 Å². The number of nitrogens with zero attached hydrogens (tertiary/aromatic N) is 2. The van der Waals surface area contributed by atoms with Gasteiger partial charge in [0.05, 0.1) is 5.69 Å². The van der Waals surface area contributed by atoms with Crippen LogP contribution in [0.2, 0.25) is 0 Å². The van der Waals surface area contributed by atoms with Crippen molar-refractivity contribution in [1.29, 1.82) is 0 Å². The Morgan fingerprint density at radius 1 is 1.53 bits per heavy atom. The Bertz CT molecular complexity index is 414. The topological polar surface area (TPSA) is 58.4 Å². The summed E-state index contributed by atoms with van der Waals surface area (Å²) < 4.78 is 5.38. The first kappa shape index (κ1) is 12.1. The molecule has 17 heavy (non-hydrogen) atoms. The van der Waals surface area contributed by atoms with Crippen molar-refractivity contribution >= 4 is 5.91 Å². The molecule has 1 aliphatic heterocycles. The molecule has 0 radical (unpaired) electrons. The Kier molecular flexibility index (Phi) is 3.47. The van der Waals surface area contributed by atoms with E-state index in [1.54, 1.807) is 6.92 Å². The maximum Gasteiger partial charge on any atom is 0.291 e. The van der Waals surface area contributed by atoms with Gasteiger partial charge in [0.15, 0.2) is 5.89 Å². The summed E-state index contributed by atoms with van der Waals surface area (Å²) in [5.74, 6) is 0.898. The van der Waals surface area contributed by atoms with Crippen LogP contribution >= 0.6 is 0 Å². The van der Waals surface area contributed by atoms with Gasteiger partial charge in [0.2, 0.25) is 5.76 Å². The van der Waals surface area contributed by atoms with Gasteiger partial charge in [-0.2, -0.15) is 0 Å². The number of carbonyl (C=O) groups is 1. The number of nitrogens with one attached hydrogen (secondary N) is 1. The van der Waals surface area contributed by atoms with Gasteiger partial charge in [0.25, 0.3) is 5.91 Å². The molecule has 1 aromatic heterocycles. The minimum absolute atomic E-state index is 0.0388. The van der Waals surface area contributed by atoms with Crippen LogP contribution in [0.15, 0.2) is 4.42 Å². The molecule has 1 fully saturated rings. The second-order valence-electron chi connectivity index (χ2n) is 4.53. The molecule has 0 aromatic carbocycles. The molecule has 1 aromatic rings. The quantitative estimate of drug-likeness (QED) is 0.837. The van der Waals surface area contributed by atoms with Gasteiger partial charge in [0, 0.05) is 26.1 Å². The summed E-state index contributed by atoms with van der Waals surface area (Å²) in [6, 6.07) is 0.386. The summed E-state index contributed by atoms with van der Waals surface area (Å²) in [6.45, 7) is 5.12. The Hall–Kier alpha value is -1.36. The lowest BCUT2D eigenvalue weighted by Crippen LogP contribution is -2.47. The van der Waals surface area contributed by atoms with Gasteiger partial charge in [-0.15, -0.1) is 0 Å². The maximum atomic E-state index is 12.3. The van der Waals surface area contributed by atoms with E-state index in [-0.39, 0.29) is 5.91 Å². The molecule has 2 heterocycles. The summed E-state index contributed by atoms with van der Waals surface area (Å²) in [4.78, 5) is 18.2. The lowest BCUT2D eigenvalue weighted by molar-refractivity contribution is 0.0663. The van der Waals surface area contributed by atoms with Crippen LogP contribution in [0.4, 0.5) is 0 Å². The van der Waals surface area contributed by atoms with Crippen molar-refractivity contribution in [2.75, 3.05) is 20.1 Å². The fourth-order valence-corrected chi connectivity index (χ4v) is 2.27. The molecule has 0 aliphatic carbocycles. The van der Waals surface area contributed by atoms with Crippen LogP contribution in [0.1, 0.15) is 35.0 Å². The van der Waals surface area contributed by atoms with E-state index in [0.717, 1.165) is 25.9 Å². The van der Waals surface area contributed by atoms with Crippen molar-refractivity contribution in [2.45, 2.75) is 32.7 Å². The zero-order chi connectivity index (χ0) is 12.4. The van der Waals surface area contributed by atoms with E-state index in [4.69, 9.17) is 4.42 Å². The van der Waals surface area contributed by atoms with E-state index in [9.17, 15) is 4.79 Å². The summed E-state index contributed by atoms with van der Waals surface area (Å²) in [6.07, 6.45) is 2.15. The van der Waals surface area contributed by atoms with E-state index >= 15 is 0 Å². The van der Waals surface area contributed by atoms with Gasteiger partial charge < -0.3 is 14.6 Å². The molecule has 0 saturated carbocycles. The average Bonchev–Trinajstić information content (AvgIpc) is 2.67. The summed E-state index contributed by atoms with van der Waals surface area (Å²) in [7, 11) is 1.93. The highest BCUT2D eigenvalue weighted by molar-refractivity contribution is 5.92. The zero-order valence-electron chi connectivity index (χ0n) is 10.6. The van der Waals surface area contributed by atoms with Gasteiger partial charge in [-0.25, -0.2) is 4.98 Å². The zero-order valence-corrected chi connectivity index (χ0v) is 10.6. The maximum absolute atomic E-state index is 12.3. The van der Waals surface area contributed by atoms with Crippen LogP contribution in [-0.4, -0.2) is 42.0 Å². The van der Waals surface area contributed by atoms with Gasteiger partial charge in [-0.3, -0.25) is 4.79 Å². The van der Waals surface area contributed by atoms with Crippen LogP contribution in [-0.2, 0) is 0 Å². The molecule has 2 rings (SSSR count). The van der Waals surface area contributed by atoms with Crippen LogP contribution in [0, 0.1) is 13.8 Å². The molecule has 5 nitrogen and oxygen atoms in total. The number of likely N-dealkylation sites (N-methyl/N-ethyl adjacent to an activating group) is 1. The van der Waals surface area contributed by atoms with E-state index in [1.807, 2.05) is 18.9 Å². The van der Waals surface area contributed by atoms with Crippen molar-refractivity contribution in [3.8, 4) is 0 Å². The Morgan fingerprint density at radius 3 is 2.88 bits per heavy atom. The third-order valence-corrected chi connectivity index (χ3v) is 3.21. The number of carbonyl (C=O) groups excluding carboxylic acids is 1. The molecule has 0 bridgehead atoms. The first-order valence-electron chi connectivity index (χ1n) is 6.02. The van der Waals surface area contributed by atoms with Crippen LogP contribution in [0.5, 0.6) is 0 Å². The lowest BCUT2D eigenvalue weighted by Gasteiger charge is -2.32. The third kappa shape index (κ3) is 2.49. The van der Waals surface area contributed by atoms with Crippen molar-refractivity contribution < 1.29 is 9.21 Å². The van der Waals surface area contributed by atoms with Crippen molar-refractivity contribution in [3.63, 3.8) is 0 Å². The van der Waals surface area contributed by atoms with Gasteiger partial charge in [-0.1, -0.05) is 0 Å². The minimum atomic E-state index is -0.0388. The second kappa shape index (κ2) is 4.87. The van der Waals surface area contributed by atoms with E-state index in [2.05, 4.69) is 10.3 Å². The molecule has 1 amide bonds. The number of amides is 1. The molecule has 1 saturated heterocycles. The fraction of sp³-hybridized carbons (Fsp3) is 0.667. The standard InChI is InChI=1S/C12H19N3O2/c1-8-11(17-9(2)14-8)12(16)15-6-4-5-10(7-15)13-3/h10,13H,4-7H2,1-3H3/t10-/m0/s1. The highest BCUT2D eigenvalue weighted by Gasteiger charge is 2.27. The SMILES string of the molecule is CN[C@H]1CCCN(C(=O)c2oc(C)nc2C)C1. The third-order valence-electron chi connectivity index (χ3n) is 3.21. The fourth-order valence-electron chi connectivity index (χ4n) is 2.27. The second-order valence-corrected chi connectivity index (χ2v) is 4.53. The molecule has 1 atom stereocenters. The van der Waals surface area contributed by atoms with Gasteiger partial charge in [-0.05, 0) is 26.8 Å². The number of oxazole rings is 1. The predicted octanol–water partition coefficient (Wildman–Crippen LogP) is 1.12. The molecule has 94 valence electrons. The molecule has 5 heteroatoms. The predicted molar refractivity (Wildman–Crippen MR) is 64.0 cm³/mol. The highest BCUT2D eigenvalue weighted by Crippen LogP contribution is 2.16. The monoisotopic (exact) mass is 237 g/mol. The number of piperidine rings is 1. The number of likely N-dealkylation sites (tertiary alicyclic amines) is 1. The first-order chi connectivity index (χ1) is 8.11. The van der Waals surface area contributed by atoms with Crippen LogP contribution in [0.25, 0.3) is 0 Å². The molecule has 0 unspecified atom stereocenters. The van der Waals surface area contributed by atoms with Crippen LogP contribution < -0.4 is 5.32 Å². The minimum Gasteiger partial charge on any atom is -0.436 e. The Balaban J connectivity index is 2.12. The Morgan fingerprint density at radius 2 is 2.29 bits per heavy atom. The van der Waals surface area contributed by atoms with Crippen molar-refractivity contribution in [1.82, 2.24) is 15.2 Å². The molecule has 1 N–H and O–H groups in total. The van der Waals surface area contributed by atoms with E-state index < -0.39 is 0 Å². The van der Waals surface area contributed by atoms with E-state index in [0.29, 0.717) is 23.4 Å². The molecular formula is C12H19N3O2. The first-order valence-corrected chi connectivity index (χ1v) is 6.02. The van der Waals surface area contributed by atoms with Crippen molar-refractivity contribution in [2.24, 2.45) is 0 Å². The molecule has 0 spiro atoms. The van der Waals surface area contributed by atoms with Gasteiger partial charge in [0.1, 0.15) is 0 Å². The van der Waals surface area contributed by atoms with Crippen LogP contribution in [0.3, 0.4) is 0 Å². The van der Waals surface area contributed by atoms with E-state index in [1.165, 1.54) is 0 Å². The normalized spacial score (nSPS) is 20.6. The smallest absolute Gasteiger partial charge is 0.291 e. The number of hydrogen-bond donors (Lipinski definition) is 1. The van der Waals surface area contributed by atoms with Gasteiger partial charge >= 0.3 is 0 Å². The highest BCUT2D eigenvalue weighted by atomic mass is 16.4. The van der Waals surface area contributed by atoms with Crippen molar-refractivity contribution in [3.05, 3.63) is 17.3 Å². The number of hydrogen-bond acceptors (Lipinski definition) is 4. The molecule has 1 aliphatic rings. The summed E-state index contributed by atoms with van der Waals surface area (Å²) in [5.41, 5.74) is 0.680. The lowest BCUT2D eigenvalue weighted by atomic mass is 10.1. The largest absolute Gasteiger partial charge is 0.436 e. The average molecular weight is 237 g/mol. The summed E-state index contributed by atoms with van der Waals surface area (Å²) in [5, 5.41) is 3.22. The number of aromatic nitrogens is 1.